The van der Waals surface area contributed by atoms with Crippen LogP contribution in [0.3, 0.4) is 0 Å². The third kappa shape index (κ3) is 4.36. The van der Waals surface area contributed by atoms with E-state index in [9.17, 15) is 9.90 Å². The summed E-state index contributed by atoms with van der Waals surface area (Å²) in [5.41, 5.74) is 2.99. The summed E-state index contributed by atoms with van der Waals surface area (Å²) in [4.78, 5) is 34.9. The molecule has 2 aliphatic heterocycles. The van der Waals surface area contributed by atoms with E-state index in [1.807, 2.05) is 22.8 Å². The number of fused-ring (bicyclic) bond motifs is 1. The maximum Gasteiger partial charge on any atom is 0.300 e. The number of carbonyl (C=O) groups is 1. The number of amides is 1. The molecule has 12 nitrogen and oxygen atoms in total. The zero-order valence-electron chi connectivity index (χ0n) is 19.7. The van der Waals surface area contributed by atoms with Crippen LogP contribution in [0.15, 0.2) is 39.5 Å². The van der Waals surface area contributed by atoms with E-state index in [0.29, 0.717) is 80.5 Å². The van der Waals surface area contributed by atoms with Crippen LogP contribution in [0.4, 0.5) is 17.5 Å². The largest absolute Gasteiger partial charge is 0.444 e. The molecular formula is C24H25N7O5. The molecule has 0 saturated carbocycles. The summed E-state index contributed by atoms with van der Waals surface area (Å²) in [5.74, 6) is 0.390. The van der Waals surface area contributed by atoms with Gasteiger partial charge >= 0.3 is 0 Å². The lowest BCUT2D eigenvalue weighted by Gasteiger charge is -2.24. The van der Waals surface area contributed by atoms with E-state index in [-0.39, 0.29) is 5.69 Å². The van der Waals surface area contributed by atoms with Crippen molar-refractivity contribution in [1.82, 2.24) is 19.9 Å². The van der Waals surface area contributed by atoms with Crippen molar-refractivity contribution in [2.45, 2.75) is 19.4 Å². The molecule has 4 aromatic heterocycles. The Morgan fingerprint density at radius 1 is 1.14 bits per heavy atom. The number of hydrogen-bond donors (Lipinski definition) is 2. The van der Waals surface area contributed by atoms with Crippen molar-refractivity contribution < 1.29 is 23.5 Å². The highest BCUT2D eigenvalue weighted by Crippen LogP contribution is 2.33. The van der Waals surface area contributed by atoms with Crippen LogP contribution in [-0.4, -0.2) is 76.4 Å². The zero-order chi connectivity index (χ0) is 24.6. The highest BCUT2D eigenvalue weighted by atomic mass is 16.5. The third-order valence-electron chi connectivity index (χ3n) is 6.22. The fourth-order valence-corrected chi connectivity index (χ4v) is 4.38. The molecule has 0 bridgehead atoms. The number of aliphatic hydroxyl groups excluding tert-OH is 1. The quantitative estimate of drug-likeness (QED) is 0.424. The highest BCUT2D eigenvalue weighted by Gasteiger charge is 2.27. The van der Waals surface area contributed by atoms with Crippen molar-refractivity contribution in [2.75, 3.05) is 54.5 Å². The summed E-state index contributed by atoms with van der Waals surface area (Å²) >= 11 is 0. The number of anilines is 3. The molecule has 2 aliphatic rings. The van der Waals surface area contributed by atoms with E-state index in [2.05, 4.69) is 20.3 Å². The van der Waals surface area contributed by atoms with Gasteiger partial charge in [-0.05, 0) is 25.5 Å². The van der Waals surface area contributed by atoms with Gasteiger partial charge in [0, 0.05) is 49.7 Å². The average Bonchev–Trinajstić information content (AvgIpc) is 3.63. The molecule has 0 radical (unpaired) electrons. The molecule has 12 heteroatoms. The van der Waals surface area contributed by atoms with Crippen LogP contribution < -0.4 is 15.1 Å². The SMILES string of the molecule is Cc1cc(-c2nc(C(=O)Nc3cc4oc(N5CCOCC5)nc4nc3N3CCC(O)C3)co2)ccn1. The monoisotopic (exact) mass is 491 g/mol. The number of hydrogen-bond acceptors (Lipinski definition) is 11. The van der Waals surface area contributed by atoms with Crippen LogP contribution in [0.2, 0.25) is 0 Å². The molecule has 2 saturated heterocycles. The van der Waals surface area contributed by atoms with E-state index in [4.69, 9.17) is 18.6 Å². The standard InChI is InChI=1S/C24H25N7O5/c1-14-10-15(2-4-25-14)23-27-18(13-35-23)22(33)26-17-11-19-20(28-21(17)31-5-3-16(32)12-31)29-24(36-19)30-6-8-34-9-7-30/h2,4,10-11,13,16,32H,3,5-9,12H2,1H3,(H,26,33). The maximum absolute atomic E-state index is 13.1. The molecule has 1 atom stereocenters. The van der Waals surface area contributed by atoms with Crippen LogP contribution in [0.25, 0.3) is 22.7 Å². The predicted molar refractivity (Wildman–Crippen MR) is 130 cm³/mol. The first-order valence-electron chi connectivity index (χ1n) is 11.8. The molecule has 0 aliphatic carbocycles. The normalized spacial score (nSPS) is 18.2. The summed E-state index contributed by atoms with van der Waals surface area (Å²) in [6, 6.07) is 5.78. The van der Waals surface area contributed by atoms with E-state index in [1.165, 1.54) is 6.26 Å². The first-order chi connectivity index (χ1) is 17.5. The van der Waals surface area contributed by atoms with E-state index < -0.39 is 12.0 Å². The number of oxazole rings is 2. The number of aromatic nitrogens is 4. The summed E-state index contributed by atoms with van der Waals surface area (Å²) in [6.07, 6.45) is 3.13. The summed E-state index contributed by atoms with van der Waals surface area (Å²) in [7, 11) is 0. The molecule has 36 heavy (non-hydrogen) atoms. The van der Waals surface area contributed by atoms with Crippen molar-refractivity contribution in [2.24, 2.45) is 0 Å². The molecule has 0 spiro atoms. The molecule has 4 aromatic rings. The number of rotatable bonds is 5. The molecule has 1 amide bonds. The van der Waals surface area contributed by atoms with Gasteiger partial charge in [-0.15, -0.1) is 0 Å². The van der Waals surface area contributed by atoms with Crippen LogP contribution in [-0.2, 0) is 4.74 Å². The topological polar surface area (TPSA) is 143 Å². The van der Waals surface area contributed by atoms with E-state index >= 15 is 0 Å². The number of nitrogens with one attached hydrogen (secondary N) is 1. The van der Waals surface area contributed by atoms with Crippen molar-refractivity contribution in [1.29, 1.82) is 0 Å². The number of pyridine rings is 2. The Bertz CT molecular complexity index is 1410. The fourth-order valence-electron chi connectivity index (χ4n) is 4.38. The molecule has 2 fully saturated rings. The Labute approximate surface area is 205 Å². The van der Waals surface area contributed by atoms with Gasteiger partial charge in [0.1, 0.15) is 6.26 Å². The number of aryl methyl sites for hydroxylation is 1. The summed E-state index contributed by atoms with van der Waals surface area (Å²) in [5, 5.41) is 13.0. The Morgan fingerprint density at radius 2 is 2.00 bits per heavy atom. The van der Waals surface area contributed by atoms with Gasteiger partial charge in [-0.1, -0.05) is 0 Å². The van der Waals surface area contributed by atoms with Crippen molar-refractivity contribution >= 4 is 34.7 Å². The van der Waals surface area contributed by atoms with Crippen LogP contribution in [0, 0.1) is 6.92 Å². The first-order valence-corrected chi connectivity index (χ1v) is 11.8. The number of aliphatic hydroxyl groups is 1. The molecule has 6 heterocycles. The van der Waals surface area contributed by atoms with Crippen molar-refractivity contribution in [3.8, 4) is 11.5 Å². The second kappa shape index (κ2) is 9.21. The van der Waals surface area contributed by atoms with Gasteiger partial charge in [-0.3, -0.25) is 9.78 Å². The number of β-amino-alcohol motifs (C(OH)–C–C–N with tert-alkyl or cyclic N) is 1. The number of carbonyl (C=O) groups excluding carboxylic acids is 1. The average molecular weight is 492 g/mol. The number of ether oxygens (including phenoxy) is 1. The highest BCUT2D eigenvalue weighted by molar-refractivity contribution is 6.05. The first kappa shape index (κ1) is 22.4. The van der Waals surface area contributed by atoms with Gasteiger partial charge in [0.15, 0.2) is 17.1 Å². The molecule has 186 valence electrons. The Balaban J connectivity index is 1.31. The predicted octanol–water partition coefficient (Wildman–Crippen LogP) is 2.24. The molecule has 0 aromatic carbocycles. The lowest BCUT2D eigenvalue weighted by molar-refractivity contribution is 0.102. The van der Waals surface area contributed by atoms with Gasteiger partial charge in [0.2, 0.25) is 11.5 Å². The van der Waals surface area contributed by atoms with Gasteiger partial charge in [0.05, 0.1) is 25.0 Å². The van der Waals surface area contributed by atoms with Gasteiger partial charge in [-0.2, -0.15) is 4.98 Å². The van der Waals surface area contributed by atoms with Crippen molar-refractivity contribution in [3.63, 3.8) is 0 Å². The van der Waals surface area contributed by atoms with Crippen LogP contribution in [0.1, 0.15) is 22.6 Å². The van der Waals surface area contributed by atoms with Gasteiger partial charge < -0.3 is 33.8 Å². The molecular weight excluding hydrogens is 466 g/mol. The van der Waals surface area contributed by atoms with Crippen LogP contribution in [0.5, 0.6) is 0 Å². The maximum atomic E-state index is 13.1. The Hall–Kier alpha value is -4.03. The minimum absolute atomic E-state index is 0.124. The minimum Gasteiger partial charge on any atom is -0.444 e. The van der Waals surface area contributed by atoms with Gasteiger partial charge in [-0.25, -0.2) is 9.97 Å². The second-order valence-electron chi connectivity index (χ2n) is 8.84. The van der Waals surface area contributed by atoms with Crippen LogP contribution >= 0.6 is 0 Å². The molecule has 2 N–H and O–H groups in total. The third-order valence-corrected chi connectivity index (χ3v) is 6.22. The second-order valence-corrected chi connectivity index (χ2v) is 8.84. The lowest BCUT2D eigenvalue weighted by Crippen LogP contribution is -2.36. The van der Waals surface area contributed by atoms with E-state index in [0.717, 1.165) is 11.3 Å². The summed E-state index contributed by atoms with van der Waals surface area (Å²) in [6.45, 7) is 5.43. The lowest BCUT2D eigenvalue weighted by atomic mass is 10.2. The Morgan fingerprint density at radius 3 is 2.78 bits per heavy atom. The number of nitrogens with zero attached hydrogens (tertiary/aromatic N) is 6. The van der Waals surface area contributed by atoms with Gasteiger partial charge in [0.25, 0.3) is 11.9 Å². The molecule has 1 unspecified atom stereocenters. The molecule has 6 rings (SSSR count). The minimum atomic E-state index is -0.464. The fraction of sp³-hybridized carbons (Fsp3) is 0.375. The smallest absolute Gasteiger partial charge is 0.300 e. The number of morpholine rings is 1. The van der Waals surface area contributed by atoms with Crippen molar-refractivity contribution in [3.05, 3.63) is 42.0 Å². The summed E-state index contributed by atoms with van der Waals surface area (Å²) < 4.78 is 16.9. The van der Waals surface area contributed by atoms with E-state index in [1.54, 1.807) is 18.3 Å². The Kier molecular flexibility index (Phi) is 5.74. The zero-order valence-corrected chi connectivity index (χ0v) is 19.7.